The van der Waals surface area contributed by atoms with Gasteiger partial charge in [0.1, 0.15) is 5.75 Å². The van der Waals surface area contributed by atoms with Gasteiger partial charge in [-0.05, 0) is 36.8 Å². The summed E-state index contributed by atoms with van der Waals surface area (Å²) in [4.78, 5) is 11.2. The molecule has 0 aliphatic heterocycles. The third kappa shape index (κ3) is 2.43. The number of carbonyl (C=O) groups excluding carboxylic acids is 1. The lowest BCUT2D eigenvalue weighted by Gasteiger charge is -2.06. The van der Waals surface area contributed by atoms with Gasteiger partial charge in [-0.3, -0.25) is 4.79 Å². The molecule has 2 rings (SSSR count). The van der Waals surface area contributed by atoms with Gasteiger partial charge in [-0.25, -0.2) is 0 Å². The van der Waals surface area contributed by atoms with Crippen LogP contribution in [0.3, 0.4) is 0 Å². The standard InChI is InChI=1S/C12H9ClO2S/c1-8-2-3-9(13)6-11(8)15-12-5-4-10(7-14)16-12/h2-7H,1H3. The monoisotopic (exact) mass is 252 g/mol. The highest BCUT2D eigenvalue weighted by Gasteiger charge is 2.05. The summed E-state index contributed by atoms with van der Waals surface area (Å²) >= 11 is 7.19. The molecule has 0 radical (unpaired) electrons. The van der Waals surface area contributed by atoms with E-state index < -0.39 is 0 Å². The van der Waals surface area contributed by atoms with Crippen LogP contribution < -0.4 is 4.74 Å². The van der Waals surface area contributed by atoms with Crippen molar-refractivity contribution in [1.29, 1.82) is 0 Å². The third-order valence-corrected chi connectivity index (χ3v) is 3.20. The zero-order valence-corrected chi connectivity index (χ0v) is 10.1. The highest BCUT2D eigenvalue weighted by molar-refractivity contribution is 7.15. The minimum absolute atomic E-state index is 0.632. The van der Waals surface area contributed by atoms with Crippen LogP contribution in [0.1, 0.15) is 15.2 Å². The molecule has 0 aliphatic rings. The third-order valence-electron chi connectivity index (χ3n) is 2.08. The van der Waals surface area contributed by atoms with Gasteiger partial charge in [0.2, 0.25) is 0 Å². The summed E-state index contributed by atoms with van der Waals surface area (Å²) in [6, 6.07) is 8.97. The summed E-state index contributed by atoms with van der Waals surface area (Å²) in [6.45, 7) is 1.94. The summed E-state index contributed by atoms with van der Waals surface area (Å²) < 4.78 is 5.65. The van der Waals surface area contributed by atoms with Crippen molar-refractivity contribution in [2.45, 2.75) is 6.92 Å². The number of rotatable bonds is 3. The first kappa shape index (κ1) is 11.2. The van der Waals surface area contributed by atoms with Crippen LogP contribution in [0.15, 0.2) is 30.3 Å². The Labute approximate surface area is 102 Å². The quantitative estimate of drug-likeness (QED) is 0.761. The maximum atomic E-state index is 10.5. The first-order chi connectivity index (χ1) is 7.69. The van der Waals surface area contributed by atoms with E-state index in [0.717, 1.165) is 11.8 Å². The van der Waals surface area contributed by atoms with Crippen LogP contribution in [0.2, 0.25) is 5.02 Å². The lowest BCUT2D eigenvalue weighted by molar-refractivity contribution is 0.112. The second kappa shape index (κ2) is 4.68. The Bertz CT molecular complexity index is 519. The molecule has 1 heterocycles. The van der Waals surface area contributed by atoms with E-state index in [1.165, 1.54) is 11.3 Å². The smallest absolute Gasteiger partial charge is 0.181 e. The van der Waals surface area contributed by atoms with E-state index in [-0.39, 0.29) is 0 Å². The Morgan fingerprint density at radius 2 is 2.12 bits per heavy atom. The summed E-state index contributed by atoms with van der Waals surface area (Å²) in [7, 11) is 0. The summed E-state index contributed by atoms with van der Waals surface area (Å²) in [5.41, 5.74) is 1.01. The van der Waals surface area contributed by atoms with Crippen LogP contribution in [-0.2, 0) is 0 Å². The van der Waals surface area contributed by atoms with Crippen molar-refractivity contribution in [2.75, 3.05) is 0 Å². The van der Waals surface area contributed by atoms with Gasteiger partial charge in [0.05, 0.1) is 4.88 Å². The molecule has 0 spiro atoms. The molecular formula is C12H9ClO2S. The fraction of sp³-hybridized carbons (Fsp3) is 0.0833. The van der Waals surface area contributed by atoms with Crippen LogP contribution in [0.5, 0.6) is 10.8 Å². The highest BCUT2D eigenvalue weighted by atomic mass is 35.5. The molecule has 0 amide bonds. The number of aryl methyl sites for hydroxylation is 1. The molecular weight excluding hydrogens is 244 g/mol. The molecule has 1 aromatic carbocycles. The van der Waals surface area contributed by atoms with Gasteiger partial charge < -0.3 is 4.74 Å². The van der Waals surface area contributed by atoms with Crippen molar-refractivity contribution in [1.82, 2.24) is 0 Å². The van der Waals surface area contributed by atoms with Crippen molar-refractivity contribution in [2.24, 2.45) is 0 Å². The first-order valence-corrected chi connectivity index (χ1v) is 5.87. The number of ether oxygens (including phenoxy) is 1. The average molecular weight is 253 g/mol. The van der Waals surface area contributed by atoms with Crippen molar-refractivity contribution in [3.05, 3.63) is 45.8 Å². The van der Waals surface area contributed by atoms with E-state index in [0.29, 0.717) is 20.7 Å². The first-order valence-electron chi connectivity index (χ1n) is 4.68. The van der Waals surface area contributed by atoms with Gasteiger partial charge in [-0.2, -0.15) is 0 Å². The summed E-state index contributed by atoms with van der Waals surface area (Å²) in [6.07, 6.45) is 0.808. The Kier molecular flexibility index (Phi) is 3.27. The van der Waals surface area contributed by atoms with Crippen molar-refractivity contribution < 1.29 is 9.53 Å². The zero-order chi connectivity index (χ0) is 11.5. The Balaban J connectivity index is 2.26. The normalized spacial score (nSPS) is 10.1. The minimum Gasteiger partial charge on any atom is -0.446 e. The van der Waals surface area contributed by atoms with Crippen LogP contribution in [0, 0.1) is 6.92 Å². The molecule has 0 unspecified atom stereocenters. The van der Waals surface area contributed by atoms with E-state index in [1.807, 2.05) is 19.1 Å². The summed E-state index contributed by atoms with van der Waals surface area (Å²) in [5, 5.41) is 1.32. The summed E-state index contributed by atoms with van der Waals surface area (Å²) in [5.74, 6) is 0.715. The second-order valence-corrected chi connectivity index (χ2v) is 4.80. The molecule has 0 fully saturated rings. The Morgan fingerprint density at radius 3 is 2.81 bits per heavy atom. The zero-order valence-electron chi connectivity index (χ0n) is 8.57. The molecule has 2 nitrogen and oxygen atoms in total. The van der Waals surface area contributed by atoms with E-state index >= 15 is 0 Å². The molecule has 2 aromatic rings. The fourth-order valence-corrected chi connectivity index (χ4v) is 2.09. The molecule has 0 aliphatic carbocycles. The highest BCUT2D eigenvalue weighted by Crippen LogP contribution is 2.32. The van der Waals surface area contributed by atoms with E-state index in [2.05, 4.69) is 0 Å². The molecule has 0 N–H and O–H groups in total. The fourth-order valence-electron chi connectivity index (χ4n) is 1.24. The lowest BCUT2D eigenvalue weighted by Crippen LogP contribution is -1.84. The Morgan fingerprint density at radius 1 is 1.31 bits per heavy atom. The van der Waals surface area contributed by atoms with Gasteiger partial charge in [-0.15, -0.1) is 0 Å². The molecule has 1 aromatic heterocycles. The number of hydrogen-bond donors (Lipinski definition) is 0. The van der Waals surface area contributed by atoms with Gasteiger partial charge in [0.15, 0.2) is 11.3 Å². The van der Waals surface area contributed by atoms with Crippen LogP contribution >= 0.6 is 22.9 Å². The van der Waals surface area contributed by atoms with Crippen LogP contribution in [-0.4, -0.2) is 6.29 Å². The number of thiophene rings is 1. The molecule has 82 valence electrons. The van der Waals surface area contributed by atoms with E-state index in [1.54, 1.807) is 18.2 Å². The maximum Gasteiger partial charge on any atom is 0.181 e. The predicted octanol–water partition coefficient (Wildman–Crippen LogP) is 4.31. The molecule has 4 heteroatoms. The van der Waals surface area contributed by atoms with Gasteiger partial charge in [0.25, 0.3) is 0 Å². The van der Waals surface area contributed by atoms with Crippen molar-refractivity contribution in [3.8, 4) is 10.8 Å². The second-order valence-electron chi connectivity index (χ2n) is 3.29. The Hall–Kier alpha value is -1.32. The van der Waals surface area contributed by atoms with Gasteiger partial charge in [-0.1, -0.05) is 29.0 Å². The molecule has 0 bridgehead atoms. The van der Waals surface area contributed by atoms with Crippen molar-refractivity contribution in [3.63, 3.8) is 0 Å². The maximum absolute atomic E-state index is 10.5. The number of hydrogen-bond acceptors (Lipinski definition) is 3. The topological polar surface area (TPSA) is 26.3 Å². The van der Waals surface area contributed by atoms with Crippen LogP contribution in [0.25, 0.3) is 0 Å². The molecule has 0 saturated carbocycles. The largest absolute Gasteiger partial charge is 0.446 e. The minimum atomic E-state index is 0.632. The van der Waals surface area contributed by atoms with E-state index in [4.69, 9.17) is 16.3 Å². The average Bonchev–Trinajstić information content (AvgIpc) is 2.71. The predicted molar refractivity (Wildman–Crippen MR) is 66.0 cm³/mol. The van der Waals surface area contributed by atoms with Crippen LogP contribution in [0.4, 0.5) is 0 Å². The lowest BCUT2D eigenvalue weighted by atomic mass is 10.2. The number of benzene rings is 1. The van der Waals surface area contributed by atoms with Gasteiger partial charge in [0, 0.05) is 5.02 Å². The van der Waals surface area contributed by atoms with Crippen molar-refractivity contribution >= 4 is 29.2 Å². The molecule has 0 saturated heterocycles. The number of aldehydes is 1. The SMILES string of the molecule is Cc1ccc(Cl)cc1Oc1ccc(C=O)s1. The number of halogens is 1. The van der Waals surface area contributed by atoms with E-state index in [9.17, 15) is 4.79 Å². The number of carbonyl (C=O) groups is 1. The van der Waals surface area contributed by atoms with Gasteiger partial charge >= 0.3 is 0 Å². The molecule has 16 heavy (non-hydrogen) atoms. The molecule has 0 atom stereocenters.